The number of carbonyl (C=O) groups excluding carboxylic acids is 1. The fourth-order valence-corrected chi connectivity index (χ4v) is 2.49. The average Bonchev–Trinajstić information content (AvgIpc) is 2.71. The van der Waals surface area contributed by atoms with E-state index < -0.39 is 0 Å². The summed E-state index contributed by atoms with van der Waals surface area (Å²) in [4.78, 5) is 12.5. The molecular weight excluding hydrogens is 264 g/mol. The molecule has 0 aromatic heterocycles. The third kappa shape index (κ3) is 2.86. The minimum atomic E-state index is -0.144. The van der Waals surface area contributed by atoms with Gasteiger partial charge in [0.2, 0.25) is 0 Å². The maximum absolute atomic E-state index is 11.2. The number of thiocarbonyl (C=S) groups is 1. The van der Waals surface area contributed by atoms with E-state index in [4.69, 9.17) is 12.2 Å². The summed E-state index contributed by atoms with van der Waals surface area (Å²) >= 11 is 6.41. The molecule has 0 fully saturated rings. The van der Waals surface area contributed by atoms with E-state index in [0.717, 1.165) is 16.2 Å². The first-order valence-electron chi connectivity index (χ1n) is 5.43. The Morgan fingerprint density at radius 1 is 1.39 bits per heavy atom. The monoisotopic (exact) mass is 276 g/mol. The largest absolute Gasteiger partial charge is 0.292 e. The van der Waals surface area contributed by atoms with Gasteiger partial charge in [0.1, 0.15) is 0 Å². The van der Waals surface area contributed by atoms with Crippen molar-refractivity contribution in [2.45, 2.75) is 13.8 Å². The number of allylic oxidation sites excluding steroid dienone is 1. The molecule has 0 saturated heterocycles. The molecule has 1 aromatic carbocycles. The van der Waals surface area contributed by atoms with Crippen LogP contribution in [-0.2, 0) is 4.79 Å². The van der Waals surface area contributed by atoms with Crippen molar-refractivity contribution >= 4 is 46.7 Å². The molecule has 5 heteroatoms. The zero-order valence-corrected chi connectivity index (χ0v) is 11.7. The van der Waals surface area contributed by atoms with Crippen LogP contribution in [0.25, 0.3) is 6.08 Å². The molecule has 0 unspecified atom stereocenters. The van der Waals surface area contributed by atoms with Crippen molar-refractivity contribution in [3.63, 3.8) is 0 Å². The van der Waals surface area contributed by atoms with E-state index >= 15 is 0 Å². The van der Waals surface area contributed by atoms with E-state index in [0.29, 0.717) is 0 Å². The van der Waals surface area contributed by atoms with Gasteiger partial charge in [-0.05, 0) is 18.6 Å². The lowest BCUT2D eigenvalue weighted by atomic mass is 10.2. The van der Waals surface area contributed by atoms with Gasteiger partial charge in [-0.1, -0.05) is 42.5 Å². The van der Waals surface area contributed by atoms with E-state index in [1.54, 1.807) is 0 Å². The number of hydrogen-bond donors (Lipinski definition) is 0. The van der Waals surface area contributed by atoms with Crippen LogP contribution in [0.3, 0.4) is 0 Å². The van der Waals surface area contributed by atoms with Crippen molar-refractivity contribution in [3.8, 4) is 0 Å². The Bertz CT molecular complexity index is 549. The second kappa shape index (κ2) is 5.46. The smallest absolute Gasteiger partial charge is 0.189 e. The van der Waals surface area contributed by atoms with Gasteiger partial charge in [-0.3, -0.25) is 4.79 Å². The summed E-state index contributed by atoms with van der Waals surface area (Å²) in [5, 5.41) is 4.27. The Kier molecular flexibility index (Phi) is 3.93. The van der Waals surface area contributed by atoms with Crippen LogP contribution in [0.15, 0.2) is 40.3 Å². The number of Topliss-reactive ketones (excluding diaryl/α,β-unsaturated/α-hetero) is 1. The van der Waals surface area contributed by atoms with Crippen LogP contribution in [0.2, 0.25) is 0 Å². The van der Waals surface area contributed by atoms with Gasteiger partial charge in [-0.15, -0.1) is 0 Å². The van der Waals surface area contributed by atoms with Gasteiger partial charge in [0, 0.05) is 18.9 Å². The van der Waals surface area contributed by atoms with Crippen LogP contribution in [-0.4, -0.2) is 20.9 Å². The van der Waals surface area contributed by atoms with Gasteiger partial charge in [-0.2, -0.15) is 9.52 Å². The van der Waals surface area contributed by atoms with E-state index in [9.17, 15) is 4.79 Å². The lowest BCUT2D eigenvalue weighted by Gasteiger charge is -2.09. The fourth-order valence-electron chi connectivity index (χ4n) is 1.42. The van der Waals surface area contributed by atoms with Crippen LogP contribution in [0.1, 0.15) is 19.4 Å². The first-order chi connectivity index (χ1) is 8.58. The number of benzene rings is 1. The molecule has 1 heterocycles. The third-order valence-electron chi connectivity index (χ3n) is 2.35. The van der Waals surface area contributed by atoms with E-state index in [-0.39, 0.29) is 10.8 Å². The van der Waals surface area contributed by atoms with Crippen LogP contribution >= 0.6 is 24.2 Å². The number of carbonyl (C=O) groups is 1. The summed E-state index contributed by atoms with van der Waals surface area (Å²) in [6.07, 6.45) is 2.03. The number of ketones is 1. The van der Waals surface area contributed by atoms with Crippen molar-refractivity contribution in [2.24, 2.45) is 5.10 Å². The molecule has 0 bridgehead atoms. The molecule has 0 spiro atoms. The quantitative estimate of drug-likeness (QED) is 0.613. The second-order valence-corrected chi connectivity index (χ2v) is 5.19. The molecule has 1 aliphatic rings. The summed E-state index contributed by atoms with van der Waals surface area (Å²) in [5.74, 6) is -0.144. The number of hydrogen-bond acceptors (Lipinski definition) is 4. The number of rotatable bonds is 2. The summed E-state index contributed by atoms with van der Waals surface area (Å²) in [6.45, 7) is 3.36. The highest BCUT2D eigenvalue weighted by molar-refractivity contribution is 8.03. The maximum Gasteiger partial charge on any atom is 0.189 e. The molecule has 2 rings (SSSR count). The van der Waals surface area contributed by atoms with Gasteiger partial charge in [0.05, 0.1) is 10.6 Å². The zero-order chi connectivity index (χ0) is 13.1. The summed E-state index contributed by atoms with van der Waals surface area (Å²) < 4.78 is 1.50. The molecule has 3 nitrogen and oxygen atoms in total. The Labute approximate surface area is 116 Å². The minimum Gasteiger partial charge on any atom is -0.292 e. The molecule has 0 saturated carbocycles. The first kappa shape index (κ1) is 13.0. The van der Waals surface area contributed by atoms with E-state index in [1.165, 1.54) is 23.3 Å². The molecule has 0 N–H and O–H groups in total. The SMILES string of the molecule is CC(=O)C(=S)N1N=C(C)/C(=C/c2ccccc2)S1. The molecule has 0 amide bonds. The molecule has 92 valence electrons. The normalized spacial score (nSPS) is 16.9. The molecule has 18 heavy (non-hydrogen) atoms. The third-order valence-corrected chi connectivity index (χ3v) is 3.98. The highest BCUT2D eigenvalue weighted by Crippen LogP contribution is 2.32. The van der Waals surface area contributed by atoms with Crippen LogP contribution in [0.4, 0.5) is 0 Å². The van der Waals surface area contributed by atoms with E-state index in [1.807, 2.05) is 43.3 Å². The number of hydrazone groups is 1. The molecule has 1 aliphatic heterocycles. The predicted octanol–water partition coefficient (Wildman–Crippen LogP) is 3.28. The van der Waals surface area contributed by atoms with Gasteiger partial charge in [0.25, 0.3) is 0 Å². The lowest BCUT2D eigenvalue weighted by molar-refractivity contribution is -0.111. The summed E-state index contributed by atoms with van der Waals surface area (Å²) in [7, 11) is 0. The minimum absolute atomic E-state index is 0.144. The van der Waals surface area contributed by atoms with Crippen molar-refractivity contribution in [2.75, 3.05) is 0 Å². The predicted molar refractivity (Wildman–Crippen MR) is 80.2 cm³/mol. The van der Waals surface area contributed by atoms with Gasteiger partial charge in [-0.25, -0.2) is 0 Å². The van der Waals surface area contributed by atoms with Gasteiger partial charge in [0.15, 0.2) is 10.8 Å². The highest BCUT2D eigenvalue weighted by Gasteiger charge is 2.23. The maximum atomic E-state index is 11.2. The topological polar surface area (TPSA) is 32.7 Å². The Morgan fingerprint density at radius 3 is 2.67 bits per heavy atom. The molecule has 0 aliphatic carbocycles. The first-order valence-corrected chi connectivity index (χ1v) is 6.61. The van der Waals surface area contributed by atoms with E-state index in [2.05, 4.69) is 5.10 Å². The Hall–Kier alpha value is -1.46. The van der Waals surface area contributed by atoms with Crippen LogP contribution < -0.4 is 0 Å². The zero-order valence-electron chi connectivity index (χ0n) is 10.1. The van der Waals surface area contributed by atoms with Crippen molar-refractivity contribution in [1.82, 2.24) is 4.41 Å². The highest BCUT2D eigenvalue weighted by atomic mass is 32.2. The van der Waals surface area contributed by atoms with Crippen molar-refractivity contribution in [1.29, 1.82) is 0 Å². The Morgan fingerprint density at radius 2 is 2.06 bits per heavy atom. The van der Waals surface area contributed by atoms with Crippen LogP contribution in [0, 0.1) is 0 Å². The van der Waals surface area contributed by atoms with Crippen LogP contribution in [0.5, 0.6) is 0 Å². The standard InChI is InChI=1S/C13H12N2OS2/c1-9-12(8-11-6-4-3-5-7-11)18-15(14-9)13(17)10(2)16/h3-8H,1-2H3/b12-8-. The van der Waals surface area contributed by atoms with Crippen molar-refractivity contribution in [3.05, 3.63) is 40.8 Å². The van der Waals surface area contributed by atoms with Gasteiger partial charge < -0.3 is 0 Å². The fraction of sp³-hybridized carbons (Fsp3) is 0.154. The molecule has 1 aromatic rings. The molecular formula is C13H12N2OS2. The molecule has 0 atom stereocenters. The number of nitrogens with zero attached hydrogens (tertiary/aromatic N) is 2. The molecule has 0 radical (unpaired) electrons. The average molecular weight is 276 g/mol. The summed E-state index contributed by atoms with van der Waals surface area (Å²) in [5.41, 5.74) is 1.97. The Balaban J connectivity index is 2.20. The lowest BCUT2D eigenvalue weighted by Crippen LogP contribution is -2.21. The summed E-state index contributed by atoms with van der Waals surface area (Å²) in [6, 6.07) is 9.98. The van der Waals surface area contributed by atoms with Crippen molar-refractivity contribution < 1.29 is 4.79 Å². The van der Waals surface area contributed by atoms with Gasteiger partial charge >= 0.3 is 0 Å². The second-order valence-electron chi connectivity index (χ2n) is 3.83.